The number of amides is 1. The molecule has 6 nitrogen and oxygen atoms in total. The molecule has 2 atom stereocenters. The van der Waals surface area contributed by atoms with E-state index >= 15 is 0 Å². The summed E-state index contributed by atoms with van der Waals surface area (Å²) >= 11 is 0. The molecule has 0 aromatic heterocycles. The monoisotopic (exact) mass is 418 g/mol. The number of carbonyl (C=O) groups excluding carboxylic acids is 1. The molecule has 0 unspecified atom stereocenters. The fourth-order valence-electron chi connectivity index (χ4n) is 3.23. The maximum Gasteiger partial charge on any atom is 0.244 e. The normalized spacial score (nSPS) is 13.4. The van der Waals surface area contributed by atoms with Gasteiger partial charge in [0.25, 0.3) is 0 Å². The first kappa shape index (κ1) is 22.7. The molecule has 0 spiro atoms. The van der Waals surface area contributed by atoms with Crippen molar-refractivity contribution < 1.29 is 17.9 Å². The zero-order chi connectivity index (χ0) is 21.4. The van der Waals surface area contributed by atoms with Crippen molar-refractivity contribution in [3.63, 3.8) is 0 Å². The van der Waals surface area contributed by atoms with Crippen LogP contribution in [0, 0.1) is 0 Å². The number of aryl methyl sites for hydroxylation is 1. The van der Waals surface area contributed by atoms with Crippen LogP contribution in [0.15, 0.2) is 54.6 Å². The third-order valence-electron chi connectivity index (χ3n) is 4.75. The Labute approximate surface area is 173 Å². The maximum atomic E-state index is 12.9. The average Bonchev–Trinajstić information content (AvgIpc) is 2.70. The third kappa shape index (κ3) is 6.49. The number of benzene rings is 2. The fraction of sp³-hybridized carbons (Fsp3) is 0.409. The largest absolute Gasteiger partial charge is 0.497 e. The number of anilines is 1. The summed E-state index contributed by atoms with van der Waals surface area (Å²) in [7, 11) is -2.11. The lowest BCUT2D eigenvalue weighted by Gasteiger charge is -2.31. The molecule has 158 valence electrons. The van der Waals surface area contributed by atoms with E-state index in [0.29, 0.717) is 17.9 Å². The van der Waals surface area contributed by atoms with Crippen LogP contribution in [0.4, 0.5) is 5.69 Å². The minimum Gasteiger partial charge on any atom is -0.497 e. The van der Waals surface area contributed by atoms with Crippen LogP contribution in [0.25, 0.3) is 0 Å². The predicted octanol–water partition coefficient (Wildman–Crippen LogP) is 3.38. The van der Waals surface area contributed by atoms with Crippen molar-refractivity contribution in [1.82, 2.24) is 5.32 Å². The van der Waals surface area contributed by atoms with Crippen LogP contribution in [-0.4, -0.2) is 39.8 Å². The summed E-state index contributed by atoms with van der Waals surface area (Å²) in [4.78, 5) is 12.9. The molecule has 0 bridgehead atoms. The van der Waals surface area contributed by atoms with Gasteiger partial charge in [-0.1, -0.05) is 37.3 Å². The van der Waals surface area contributed by atoms with Gasteiger partial charge in [-0.05, 0) is 56.0 Å². The van der Waals surface area contributed by atoms with Crippen molar-refractivity contribution in [1.29, 1.82) is 0 Å². The Bertz CT molecular complexity index is 883. The van der Waals surface area contributed by atoms with E-state index in [0.717, 1.165) is 19.1 Å². The molecule has 0 heterocycles. The number of carbonyl (C=O) groups is 1. The number of nitrogens with zero attached hydrogens (tertiary/aromatic N) is 1. The zero-order valence-corrected chi connectivity index (χ0v) is 18.3. The lowest BCUT2D eigenvalue weighted by Crippen LogP contribution is -2.51. The Morgan fingerprint density at radius 2 is 1.72 bits per heavy atom. The second kappa shape index (κ2) is 10.3. The predicted molar refractivity (Wildman–Crippen MR) is 117 cm³/mol. The summed E-state index contributed by atoms with van der Waals surface area (Å²) in [5, 5.41) is 2.98. The smallest absolute Gasteiger partial charge is 0.244 e. The van der Waals surface area contributed by atoms with Gasteiger partial charge < -0.3 is 10.1 Å². The molecule has 0 aliphatic heterocycles. The van der Waals surface area contributed by atoms with E-state index in [2.05, 4.69) is 17.4 Å². The van der Waals surface area contributed by atoms with E-state index in [1.807, 2.05) is 25.1 Å². The van der Waals surface area contributed by atoms with Gasteiger partial charge >= 0.3 is 0 Å². The molecule has 0 saturated heterocycles. The van der Waals surface area contributed by atoms with Gasteiger partial charge in [0.1, 0.15) is 11.8 Å². The number of hydrogen-bond acceptors (Lipinski definition) is 4. The molecule has 2 aromatic rings. The number of methoxy groups -OCH3 is 1. The Balaban J connectivity index is 2.12. The average molecular weight is 419 g/mol. The summed E-state index contributed by atoms with van der Waals surface area (Å²) < 4.78 is 31.3. The van der Waals surface area contributed by atoms with Crippen molar-refractivity contribution in [2.45, 2.75) is 45.2 Å². The zero-order valence-electron chi connectivity index (χ0n) is 17.5. The van der Waals surface area contributed by atoms with E-state index in [-0.39, 0.29) is 11.9 Å². The summed E-state index contributed by atoms with van der Waals surface area (Å²) in [5.41, 5.74) is 1.64. The first-order chi connectivity index (χ1) is 13.8. The number of hydrogen-bond donors (Lipinski definition) is 1. The Hall–Kier alpha value is -2.54. The molecule has 7 heteroatoms. The molecule has 0 aliphatic rings. The van der Waals surface area contributed by atoms with Gasteiger partial charge in [-0.3, -0.25) is 9.10 Å². The topological polar surface area (TPSA) is 75.7 Å². The number of nitrogens with one attached hydrogen (secondary N) is 1. The Kier molecular flexibility index (Phi) is 8.08. The summed E-state index contributed by atoms with van der Waals surface area (Å²) in [6, 6.07) is 15.8. The highest BCUT2D eigenvalue weighted by Crippen LogP contribution is 2.25. The molecule has 1 N–H and O–H groups in total. The van der Waals surface area contributed by atoms with Crippen molar-refractivity contribution >= 4 is 21.6 Å². The fourth-order valence-corrected chi connectivity index (χ4v) is 4.44. The molecular formula is C22H30N2O4S. The van der Waals surface area contributed by atoms with Crippen molar-refractivity contribution in [3.8, 4) is 5.75 Å². The number of rotatable bonds is 10. The van der Waals surface area contributed by atoms with Gasteiger partial charge in [-0.2, -0.15) is 0 Å². The minimum atomic E-state index is -3.65. The van der Waals surface area contributed by atoms with Gasteiger partial charge in [0.05, 0.1) is 19.1 Å². The van der Waals surface area contributed by atoms with Gasteiger partial charge in [-0.15, -0.1) is 0 Å². The molecule has 1 amide bonds. The molecule has 29 heavy (non-hydrogen) atoms. The van der Waals surface area contributed by atoms with Crippen LogP contribution in [0.3, 0.4) is 0 Å². The highest BCUT2D eigenvalue weighted by molar-refractivity contribution is 7.92. The van der Waals surface area contributed by atoms with Gasteiger partial charge in [0.2, 0.25) is 15.9 Å². The minimum absolute atomic E-state index is 0.0750. The number of sulfonamides is 1. The Morgan fingerprint density at radius 3 is 2.24 bits per heavy atom. The third-order valence-corrected chi connectivity index (χ3v) is 5.93. The quantitative estimate of drug-likeness (QED) is 0.642. The molecule has 0 radical (unpaired) electrons. The number of ether oxygens (including phenoxy) is 1. The molecule has 2 rings (SSSR count). The van der Waals surface area contributed by atoms with Gasteiger partial charge in [-0.25, -0.2) is 8.42 Å². The highest BCUT2D eigenvalue weighted by atomic mass is 32.2. The van der Waals surface area contributed by atoms with Crippen LogP contribution >= 0.6 is 0 Å². The highest BCUT2D eigenvalue weighted by Gasteiger charge is 2.32. The molecule has 0 saturated carbocycles. The molecule has 2 aromatic carbocycles. The van der Waals surface area contributed by atoms with E-state index in [1.54, 1.807) is 38.3 Å². The standard InChI is InChI=1S/C22H30N2O4S/c1-5-21(22(25)23-17(2)11-12-18-9-7-6-8-10-18)24(29(4,26)27)19-13-15-20(28-3)16-14-19/h6-10,13-17,21H,5,11-12H2,1-4H3,(H,23,25)/t17-,21-/m1/s1. The van der Waals surface area contributed by atoms with Crippen molar-refractivity contribution in [2.75, 3.05) is 17.7 Å². The lowest BCUT2D eigenvalue weighted by molar-refractivity contribution is -0.122. The van der Waals surface area contributed by atoms with Crippen LogP contribution in [-0.2, 0) is 21.2 Å². The second-order valence-corrected chi connectivity index (χ2v) is 8.97. The van der Waals surface area contributed by atoms with Crippen LogP contribution in [0.2, 0.25) is 0 Å². The maximum absolute atomic E-state index is 12.9. The van der Waals surface area contributed by atoms with Crippen molar-refractivity contribution in [3.05, 3.63) is 60.2 Å². The van der Waals surface area contributed by atoms with Crippen molar-refractivity contribution in [2.24, 2.45) is 0 Å². The lowest BCUT2D eigenvalue weighted by atomic mass is 10.1. The summed E-state index contributed by atoms with van der Waals surface area (Å²) in [5.74, 6) is 0.323. The van der Waals surface area contributed by atoms with Crippen LogP contribution in [0.1, 0.15) is 32.3 Å². The van der Waals surface area contributed by atoms with E-state index in [4.69, 9.17) is 4.74 Å². The summed E-state index contributed by atoms with van der Waals surface area (Å²) in [6.45, 7) is 3.74. The van der Waals surface area contributed by atoms with Crippen LogP contribution < -0.4 is 14.4 Å². The van der Waals surface area contributed by atoms with E-state index in [1.165, 1.54) is 9.87 Å². The van der Waals surface area contributed by atoms with E-state index < -0.39 is 16.1 Å². The van der Waals surface area contributed by atoms with E-state index in [9.17, 15) is 13.2 Å². The van der Waals surface area contributed by atoms with Gasteiger partial charge in [0, 0.05) is 6.04 Å². The SMILES string of the molecule is CC[C@H](C(=O)N[C@H](C)CCc1ccccc1)N(c1ccc(OC)cc1)S(C)(=O)=O. The summed E-state index contributed by atoms with van der Waals surface area (Å²) in [6.07, 6.45) is 3.09. The Morgan fingerprint density at radius 1 is 1.10 bits per heavy atom. The van der Waals surface area contributed by atoms with Gasteiger partial charge in [0.15, 0.2) is 0 Å². The second-order valence-electron chi connectivity index (χ2n) is 7.11. The van der Waals surface area contributed by atoms with Crippen LogP contribution in [0.5, 0.6) is 5.75 Å². The molecule has 0 fully saturated rings. The molecular weight excluding hydrogens is 388 g/mol. The first-order valence-electron chi connectivity index (χ1n) is 9.74. The molecule has 0 aliphatic carbocycles. The first-order valence-corrected chi connectivity index (χ1v) is 11.6.